The van der Waals surface area contributed by atoms with E-state index in [1.807, 2.05) is 66.6 Å². The highest BCUT2D eigenvalue weighted by Gasteiger charge is 2.18. The molecule has 0 atom stereocenters. The van der Waals surface area contributed by atoms with Crippen LogP contribution >= 0.6 is 0 Å². The molecule has 0 radical (unpaired) electrons. The third-order valence-electron chi connectivity index (χ3n) is 6.41. The Morgan fingerprint density at radius 3 is 2.56 bits per heavy atom. The number of tetrazole rings is 1. The van der Waals surface area contributed by atoms with E-state index in [-0.39, 0.29) is 5.69 Å². The Morgan fingerprint density at radius 2 is 1.86 bits per heavy atom. The smallest absolute Gasteiger partial charge is 0.292 e. The van der Waals surface area contributed by atoms with Crippen molar-refractivity contribution in [2.45, 2.75) is 46.1 Å². The van der Waals surface area contributed by atoms with Gasteiger partial charge in [0.15, 0.2) is 5.82 Å². The van der Waals surface area contributed by atoms with E-state index in [9.17, 15) is 4.79 Å². The van der Waals surface area contributed by atoms with E-state index in [1.165, 1.54) is 0 Å². The number of aromatic nitrogens is 9. The van der Waals surface area contributed by atoms with E-state index in [0.29, 0.717) is 12.4 Å². The maximum absolute atomic E-state index is 13.6. The van der Waals surface area contributed by atoms with Crippen molar-refractivity contribution in [3.05, 3.63) is 82.3 Å². The summed E-state index contributed by atoms with van der Waals surface area (Å²) in [5.74, 6) is 1.41. The molecular weight excluding hydrogens is 454 g/mol. The number of rotatable bonds is 9. The molecular formula is C26H29N9O. The van der Waals surface area contributed by atoms with E-state index in [4.69, 9.17) is 4.98 Å². The van der Waals surface area contributed by atoms with Crippen LogP contribution in [0.15, 0.2) is 59.8 Å². The minimum absolute atomic E-state index is 0.0633. The molecule has 0 fully saturated rings. The van der Waals surface area contributed by atoms with Gasteiger partial charge in [-0.3, -0.25) is 18.8 Å². The van der Waals surface area contributed by atoms with E-state index in [1.54, 1.807) is 9.25 Å². The summed E-state index contributed by atoms with van der Waals surface area (Å²) in [6.07, 6.45) is 9.35. The van der Waals surface area contributed by atoms with Gasteiger partial charge in [-0.2, -0.15) is 5.10 Å². The van der Waals surface area contributed by atoms with Crippen LogP contribution in [0, 0.1) is 0 Å². The van der Waals surface area contributed by atoms with Crippen molar-refractivity contribution in [1.82, 2.24) is 44.5 Å². The molecule has 5 aromatic rings. The highest BCUT2D eigenvalue weighted by molar-refractivity contribution is 5.78. The summed E-state index contributed by atoms with van der Waals surface area (Å²) in [6.45, 7) is 4.68. The minimum atomic E-state index is -0.0633. The molecule has 0 aliphatic carbocycles. The highest BCUT2D eigenvalue weighted by atomic mass is 16.1. The quantitative estimate of drug-likeness (QED) is 0.343. The molecule has 0 unspecified atom stereocenters. The van der Waals surface area contributed by atoms with E-state index in [0.717, 1.165) is 65.1 Å². The van der Waals surface area contributed by atoms with Gasteiger partial charge in [0.05, 0.1) is 18.4 Å². The normalized spacial score (nSPS) is 11.3. The van der Waals surface area contributed by atoms with Gasteiger partial charge in [0.1, 0.15) is 5.82 Å². The average Bonchev–Trinajstić information content (AvgIpc) is 3.64. The SMILES string of the molecule is CCCCc1cn(-c2c(CC)cnn2C)c(=O)n1Cc1ccc(-c2ccccc2-c2nnn[nH]2)nc1. The zero-order chi connectivity index (χ0) is 25.1. The molecule has 0 spiro atoms. The van der Waals surface area contributed by atoms with Crippen LogP contribution in [0.4, 0.5) is 0 Å². The number of hydrogen-bond donors (Lipinski definition) is 1. The second-order valence-electron chi connectivity index (χ2n) is 8.78. The fourth-order valence-electron chi connectivity index (χ4n) is 4.49. The number of hydrogen-bond acceptors (Lipinski definition) is 6. The Hall–Kier alpha value is -4.34. The maximum atomic E-state index is 13.6. The first kappa shape index (κ1) is 23.4. The van der Waals surface area contributed by atoms with Gasteiger partial charge in [-0.1, -0.05) is 50.6 Å². The van der Waals surface area contributed by atoms with Crippen molar-refractivity contribution >= 4 is 0 Å². The number of H-pyrrole nitrogens is 1. The Labute approximate surface area is 208 Å². The van der Waals surface area contributed by atoms with Crippen LogP contribution in [-0.2, 0) is 26.4 Å². The van der Waals surface area contributed by atoms with Gasteiger partial charge in [0.2, 0.25) is 0 Å². The van der Waals surface area contributed by atoms with Crippen LogP contribution in [0.1, 0.15) is 43.5 Å². The van der Waals surface area contributed by atoms with Crippen molar-refractivity contribution in [2.75, 3.05) is 0 Å². The summed E-state index contributed by atoms with van der Waals surface area (Å²) in [6, 6.07) is 11.8. The Bertz CT molecular complexity index is 1510. The molecule has 0 amide bonds. The highest BCUT2D eigenvalue weighted by Crippen LogP contribution is 2.28. The zero-order valence-electron chi connectivity index (χ0n) is 20.7. The predicted molar refractivity (Wildman–Crippen MR) is 137 cm³/mol. The van der Waals surface area contributed by atoms with Crippen molar-refractivity contribution in [2.24, 2.45) is 7.05 Å². The third kappa shape index (κ3) is 4.37. The first-order valence-corrected chi connectivity index (χ1v) is 12.2. The van der Waals surface area contributed by atoms with Gasteiger partial charge < -0.3 is 0 Å². The lowest BCUT2D eigenvalue weighted by molar-refractivity contribution is 0.663. The van der Waals surface area contributed by atoms with Crippen molar-refractivity contribution in [3.8, 4) is 28.5 Å². The number of nitrogens with one attached hydrogen (secondary N) is 1. The second kappa shape index (κ2) is 10.1. The van der Waals surface area contributed by atoms with Gasteiger partial charge in [-0.15, -0.1) is 5.10 Å². The molecule has 1 N–H and O–H groups in total. The van der Waals surface area contributed by atoms with Crippen LogP contribution < -0.4 is 5.69 Å². The zero-order valence-corrected chi connectivity index (χ0v) is 20.7. The first-order chi connectivity index (χ1) is 17.6. The summed E-state index contributed by atoms with van der Waals surface area (Å²) >= 11 is 0. The van der Waals surface area contributed by atoms with Gasteiger partial charge in [0, 0.05) is 41.8 Å². The molecule has 0 aliphatic rings. The van der Waals surface area contributed by atoms with Gasteiger partial charge in [0.25, 0.3) is 0 Å². The van der Waals surface area contributed by atoms with Gasteiger partial charge in [-0.25, -0.2) is 9.89 Å². The second-order valence-corrected chi connectivity index (χ2v) is 8.78. The van der Waals surface area contributed by atoms with E-state index < -0.39 is 0 Å². The van der Waals surface area contributed by atoms with E-state index >= 15 is 0 Å². The van der Waals surface area contributed by atoms with Crippen LogP contribution in [0.5, 0.6) is 0 Å². The fraction of sp³-hybridized carbons (Fsp3) is 0.308. The lowest BCUT2D eigenvalue weighted by atomic mass is 10.0. The van der Waals surface area contributed by atoms with Crippen molar-refractivity contribution < 1.29 is 0 Å². The molecule has 0 saturated carbocycles. The first-order valence-electron chi connectivity index (χ1n) is 12.2. The van der Waals surface area contributed by atoms with Crippen LogP contribution in [-0.4, -0.2) is 44.5 Å². The molecule has 10 heteroatoms. The monoisotopic (exact) mass is 483 g/mol. The molecule has 0 bridgehead atoms. The summed E-state index contributed by atoms with van der Waals surface area (Å²) < 4.78 is 5.36. The van der Waals surface area contributed by atoms with Gasteiger partial charge in [-0.05, 0) is 41.3 Å². The van der Waals surface area contributed by atoms with E-state index in [2.05, 4.69) is 39.6 Å². The average molecular weight is 484 g/mol. The summed E-state index contributed by atoms with van der Waals surface area (Å²) in [4.78, 5) is 18.3. The number of unbranched alkanes of at least 4 members (excludes halogenated alkanes) is 1. The van der Waals surface area contributed by atoms with Crippen molar-refractivity contribution in [3.63, 3.8) is 0 Å². The molecule has 1 aromatic carbocycles. The number of aromatic amines is 1. The predicted octanol–water partition coefficient (Wildman–Crippen LogP) is 3.57. The van der Waals surface area contributed by atoms with Crippen molar-refractivity contribution in [1.29, 1.82) is 0 Å². The number of pyridine rings is 1. The molecule has 5 rings (SSSR count). The number of nitrogens with zero attached hydrogens (tertiary/aromatic N) is 8. The van der Waals surface area contributed by atoms with Crippen LogP contribution in [0.2, 0.25) is 0 Å². The number of imidazole rings is 1. The topological polar surface area (TPSA) is 112 Å². The Kier molecular flexibility index (Phi) is 6.57. The molecule has 36 heavy (non-hydrogen) atoms. The molecule has 4 aromatic heterocycles. The fourth-order valence-corrected chi connectivity index (χ4v) is 4.49. The van der Waals surface area contributed by atoms with Gasteiger partial charge >= 0.3 is 5.69 Å². The molecule has 0 aliphatic heterocycles. The lowest BCUT2D eigenvalue weighted by Crippen LogP contribution is -2.26. The maximum Gasteiger partial charge on any atom is 0.334 e. The number of benzene rings is 1. The third-order valence-corrected chi connectivity index (χ3v) is 6.41. The summed E-state index contributed by atoms with van der Waals surface area (Å²) in [7, 11) is 1.87. The Morgan fingerprint density at radius 1 is 1.03 bits per heavy atom. The Balaban J connectivity index is 1.48. The molecule has 4 heterocycles. The standard InChI is InChI=1S/C26H29N9O/c1-4-6-9-20-17-35(25-19(5-2)15-28-33(25)3)26(36)34(20)16-18-12-13-23(27-14-18)21-10-7-8-11-22(21)24-29-31-32-30-24/h7-8,10-15,17H,4-6,9,16H2,1-3H3,(H,29,30,31,32). The van der Waals surface area contributed by atoms with Crippen LogP contribution in [0.25, 0.3) is 28.5 Å². The molecule has 10 nitrogen and oxygen atoms in total. The summed E-state index contributed by atoms with van der Waals surface area (Å²) in [5.41, 5.74) is 5.56. The number of aryl methyl sites for hydroxylation is 3. The molecule has 0 saturated heterocycles. The van der Waals surface area contributed by atoms with Crippen LogP contribution in [0.3, 0.4) is 0 Å². The minimum Gasteiger partial charge on any atom is -0.292 e. The molecule has 184 valence electrons. The largest absolute Gasteiger partial charge is 0.334 e. The lowest BCUT2D eigenvalue weighted by Gasteiger charge is -2.09. The summed E-state index contributed by atoms with van der Waals surface area (Å²) in [5, 5.41) is 18.6.